The number of nitrogens with one attached hydrogen (secondary N) is 2. The number of rotatable bonds is 8. The van der Waals surface area contributed by atoms with Crippen molar-refractivity contribution >= 4 is 17.9 Å². The van der Waals surface area contributed by atoms with Crippen LogP contribution in [-0.2, 0) is 20.7 Å². The van der Waals surface area contributed by atoms with Gasteiger partial charge in [0.15, 0.2) is 0 Å². The number of aryl methyl sites for hydroxylation is 1. The van der Waals surface area contributed by atoms with E-state index in [1.54, 1.807) is 20.8 Å². The number of nitrogens with zero attached hydrogens (tertiary/aromatic N) is 2. The Balaban J connectivity index is 2.25. The largest absolute Gasteiger partial charge is 0.444 e. The minimum Gasteiger partial charge on any atom is -0.444 e. The van der Waals surface area contributed by atoms with Crippen LogP contribution in [-0.4, -0.2) is 47.5 Å². The molecule has 2 rings (SSSR count). The van der Waals surface area contributed by atoms with Crippen molar-refractivity contribution in [3.63, 3.8) is 0 Å². The fourth-order valence-electron chi connectivity index (χ4n) is 3.90. The monoisotopic (exact) mass is 456 g/mol. The number of hydrogen-bond acceptors (Lipinski definition) is 5. The van der Waals surface area contributed by atoms with Gasteiger partial charge in [-0.1, -0.05) is 50.5 Å². The summed E-state index contributed by atoms with van der Waals surface area (Å²) >= 11 is 0. The van der Waals surface area contributed by atoms with Gasteiger partial charge < -0.3 is 20.3 Å². The molecule has 0 heterocycles. The third-order valence-electron chi connectivity index (χ3n) is 5.56. The van der Waals surface area contributed by atoms with Gasteiger partial charge >= 0.3 is 6.09 Å². The van der Waals surface area contributed by atoms with Crippen LogP contribution in [0.25, 0.3) is 0 Å². The van der Waals surface area contributed by atoms with Gasteiger partial charge in [0.1, 0.15) is 24.7 Å². The molecule has 1 saturated carbocycles. The van der Waals surface area contributed by atoms with Crippen LogP contribution in [0.2, 0.25) is 0 Å². The number of hydrogen-bond donors (Lipinski definition) is 2. The van der Waals surface area contributed by atoms with E-state index in [9.17, 15) is 19.6 Å². The molecule has 1 aliphatic carbocycles. The molecule has 0 radical (unpaired) electrons. The summed E-state index contributed by atoms with van der Waals surface area (Å²) in [6.07, 6.45) is 5.19. The first-order valence-corrected chi connectivity index (χ1v) is 11.7. The van der Waals surface area contributed by atoms with Gasteiger partial charge in [-0.15, -0.1) is 0 Å². The van der Waals surface area contributed by atoms with Crippen LogP contribution < -0.4 is 10.6 Å². The number of carbonyl (C=O) groups is 3. The lowest BCUT2D eigenvalue weighted by Gasteiger charge is -2.32. The molecule has 1 atom stereocenters. The Bertz CT molecular complexity index is 849. The van der Waals surface area contributed by atoms with Gasteiger partial charge in [-0.25, -0.2) is 4.79 Å². The van der Waals surface area contributed by atoms with Gasteiger partial charge in [0.25, 0.3) is 0 Å². The van der Waals surface area contributed by atoms with E-state index in [0.29, 0.717) is 5.56 Å². The number of benzene rings is 1. The normalized spacial score (nSPS) is 15.1. The van der Waals surface area contributed by atoms with Crippen molar-refractivity contribution in [1.29, 1.82) is 5.26 Å². The Hall–Kier alpha value is -3.08. The second-order valence-electron chi connectivity index (χ2n) is 9.38. The van der Waals surface area contributed by atoms with E-state index >= 15 is 0 Å². The molecule has 1 aromatic carbocycles. The molecule has 1 fully saturated rings. The molecule has 3 amide bonds. The molecule has 0 aromatic heterocycles. The van der Waals surface area contributed by atoms with E-state index in [2.05, 4.69) is 10.6 Å². The van der Waals surface area contributed by atoms with Gasteiger partial charge in [0, 0.05) is 6.04 Å². The summed E-state index contributed by atoms with van der Waals surface area (Å²) in [5, 5.41) is 14.9. The van der Waals surface area contributed by atoms with Crippen molar-refractivity contribution in [3.05, 3.63) is 35.4 Å². The first-order chi connectivity index (χ1) is 15.6. The molecule has 8 nitrogen and oxygen atoms in total. The van der Waals surface area contributed by atoms with Crippen LogP contribution in [0.4, 0.5) is 4.79 Å². The van der Waals surface area contributed by atoms with Gasteiger partial charge in [0.05, 0.1) is 6.07 Å². The highest BCUT2D eigenvalue weighted by Gasteiger charge is 2.33. The van der Waals surface area contributed by atoms with Crippen LogP contribution >= 0.6 is 0 Å². The Morgan fingerprint density at radius 3 is 2.33 bits per heavy atom. The quantitative estimate of drug-likeness (QED) is 0.581. The van der Waals surface area contributed by atoms with Gasteiger partial charge in [-0.3, -0.25) is 9.59 Å². The average molecular weight is 457 g/mol. The molecule has 0 bridgehead atoms. The number of amides is 3. The van der Waals surface area contributed by atoms with E-state index in [0.717, 1.165) is 44.1 Å². The zero-order valence-corrected chi connectivity index (χ0v) is 20.1. The summed E-state index contributed by atoms with van der Waals surface area (Å²) in [5.74, 6) is -0.849. The standard InChI is InChI=1S/C25H36N4O4/c1-5-18-11-13-19(14-12-18)22(23(31)28-20-9-7-6-8-10-20)29(16-15-26)21(30)17-27-24(32)33-25(2,3)4/h11-14,20,22H,5-10,16-17H2,1-4H3,(H,27,32)(H,28,31). The lowest BCUT2D eigenvalue weighted by molar-refractivity contribution is -0.139. The van der Waals surface area contributed by atoms with E-state index in [-0.39, 0.29) is 25.0 Å². The predicted octanol–water partition coefficient (Wildman–Crippen LogP) is 3.62. The summed E-state index contributed by atoms with van der Waals surface area (Å²) in [4.78, 5) is 39.7. The molecule has 0 saturated heterocycles. The Morgan fingerprint density at radius 1 is 1.15 bits per heavy atom. The molecular formula is C25H36N4O4. The predicted molar refractivity (Wildman–Crippen MR) is 125 cm³/mol. The molecule has 180 valence electrons. The zero-order chi connectivity index (χ0) is 24.4. The lowest BCUT2D eigenvalue weighted by Crippen LogP contribution is -2.49. The fourth-order valence-corrected chi connectivity index (χ4v) is 3.90. The summed E-state index contributed by atoms with van der Waals surface area (Å²) in [6, 6.07) is 8.56. The van der Waals surface area contributed by atoms with Crippen LogP contribution in [0, 0.1) is 11.3 Å². The molecule has 1 aliphatic rings. The van der Waals surface area contributed by atoms with E-state index in [1.807, 2.05) is 37.3 Å². The fraction of sp³-hybridized carbons (Fsp3) is 0.600. The van der Waals surface area contributed by atoms with Crippen molar-refractivity contribution < 1.29 is 19.1 Å². The number of alkyl carbamates (subject to hydrolysis) is 1. The van der Waals surface area contributed by atoms with Crippen molar-refractivity contribution in [3.8, 4) is 6.07 Å². The van der Waals surface area contributed by atoms with Crippen molar-refractivity contribution in [1.82, 2.24) is 15.5 Å². The van der Waals surface area contributed by atoms with Crippen LogP contribution in [0.1, 0.15) is 77.0 Å². The zero-order valence-electron chi connectivity index (χ0n) is 20.1. The summed E-state index contributed by atoms with van der Waals surface area (Å²) in [5.41, 5.74) is 1.03. The average Bonchev–Trinajstić information content (AvgIpc) is 2.77. The SMILES string of the molecule is CCc1ccc(C(C(=O)NC2CCCCC2)N(CC#N)C(=O)CNC(=O)OC(C)(C)C)cc1. The Kier molecular flexibility index (Phi) is 9.71. The molecule has 0 aliphatic heterocycles. The molecule has 8 heteroatoms. The van der Waals surface area contributed by atoms with Crippen LogP contribution in [0.15, 0.2) is 24.3 Å². The van der Waals surface area contributed by atoms with Gasteiger partial charge in [0.2, 0.25) is 11.8 Å². The second kappa shape index (κ2) is 12.2. The second-order valence-corrected chi connectivity index (χ2v) is 9.38. The minimum absolute atomic E-state index is 0.0580. The number of carbonyl (C=O) groups excluding carboxylic acids is 3. The van der Waals surface area contributed by atoms with Crippen LogP contribution in [0.5, 0.6) is 0 Å². The molecular weight excluding hydrogens is 420 g/mol. The highest BCUT2D eigenvalue weighted by Crippen LogP contribution is 2.24. The number of nitriles is 1. The highest BCUT2D eigenvalue weighted by atomic mass is 16.6. The molecule has 0 spiro atoms. The minimum atomic E-state index is -0.967. The van der Waals surface area contributed by atoms with E-state index in [1.165, 1.54) is 4.90 Å². The first kappa shape index (κ1) is 26.2. The lowest BCUT2D eigenvalue weighted by atomic mass is 9.94. The van der Waals surface area contributed by atoms with Crippen LogP contribution in [0.3, 0.4) is 0 Å². The van der Waals surface area contributed by atoms with E-state index in [4.69, 9.17) is 4.74 Å². The van der Waals surface area contributed by atoms with Crippen molar-refractivity contribution in [2.75, 3.05) is 13.1 Å². The maximum absolute atomic E-state index is 13.4. The van der Waals surface area contributed by atoms with Crippen molar-refractivity contribution in [2.45, 2.75) is 83.9 Å². The van der Waals surface area contributed by atoms with E-state index < -0.39 is 23.6 Å². The topological polar surface area (TPSA) is 112 Å². The van der Waals surface area contributed by atoms with Crippen molar-refractivity contribution in [2.24, 2.45) is 0 Å². The third-order valence-corrected chi connectivity index (χ3v) is 5.56. The third kappa shape index (κ3) is 8.41. The number of ether oxygens (including phenoxy) is 1. The molecule has 1 aromatic rings. The van der Waals surface area contributed by atoms with Gasteiger partial charge in [-0.2, -0.15) is 5.26 Å². The van der Waals surface area contributed by atoms with Gasteiger partial charge in [-0.05, 0) is 51.2 Å². The summed E-state index contributed by atoms with van der Waals surface area (Å²) in [6.45, 7) is 6.55. The Labute approximate surface area is 196 Å². The highest BCUT2D eigenvalue weighted by molar-refractivity contribution is 5.90. The first-order valence-electron chi connectivity index (χ1n) is 11.7. The summed E-state index contributed by atoms with van der Waals surface area (Å²) in [7, 11) is 0. The maximum atomic E-state index is 13.4. The molecule has 33 heavy (non-hydrogen) atoms. The molecule has 1 unspecified atom stereocenters. The smallest absolute Gasteiger partial charge is 0.408 e. The maximum Gasteiger partial charge on any atom is 0.408 e. The Morgan fingerprint density at radius 2 is 1.79 bits per heavy atom. The molecule has 2 N–H and O–H groups in total. The summed E-state index contributed by atoms with van der Waals surface area (Å²) < 4.78 is 5.18.